The zero-order valence-electron chi connectivity index (χ0n) is 17.3. The number of hydrogen-bond acceptors (Lipinski definition) is 5. The highest BCUT2D eigenvalue weighted by Gasteiger charge is 2.19. The van der Waals surface area contributed by atoms with Gasteiger partial charge in [-0.05, 0) is 54.1 Å². The van der Waals surface area contributed by atoms with Crippen molar-refractivity contribution in [1.82, 2.24) is 19.9 Å². The molecule has 0 aliphatic carbocycles. The van der Waals surface area contributed by atoms with Crippen LogP contribution in [0.1, 0.15) is 16.8 Å². The van der Waals surface area contributed by atoms with Crippen LogP contribution in [-0.4, -0.2) is 26.4 Å². The lowest BCUT2D eigenvalue weighted by Crippen LogP contribution is -2.31. The molecule has 1 aliphatic rings. The molecule has 0 bridgehead atoms. The number of fused-ring (bicyclic) bond motifs is 1. The highest BCUT2D eigenvalue weighted by atomic mass is 19.1. The van der Waals surface area contributed by atoms with E-state index >= 15 is 0 Å². The van der Waals surface area contributed by atoms with E-state index in [2.05, 4.69) is 14.9 Å². The second kappa shape index (κ2) is 8.43. The Bertz CT molecular complexity index is 1260. The van der Waals surface area contributed by atoms with E-state index in [1.165, 1.54) is 0 Å². The van der Waals surface area contributed by atoms with Crippen molar-refractivity contribution in [3.05, 3.63) is 95.4 Å². The SMILES string of the molecule is Nc1ccc(-c2ncc3c(n2)CCN(Cc2ccc(-c4cc(F)ccc4F)nc2)C3)cc1. The molecule has 0 saturated heterocycles. The largest absolute Gasteiger partial charge is 0.399 e. The van der Waals surface area contributed by atoms with E-state index in [-0.39, 0.29) is 5.56 Å². The molecule has 0 fully saturated rings. The third-order valence-corrected chi connectivity index (χ3v) is 5.62. The Morgan fingerprint density at radius 2 is 1.78 bits per heavy atom. The van der Waals surface area contributed by atoms with E-state index in [0.717, 1.165) is 60.1 Å². The van der Waals surface area contributed by atoms with E-state index in [1.54, 1.807) is 12.3 Å². The highest BCUT2D eigenvalue weighted by molar-refractivity contribution is 5.60. The fourth-order valence-electron chi connectivity index (χ4n) is 3.91. The van der Waals surface area contributed by atoms with Gasteiger partial charge in [0, 0.05) is 60.8 Å². The van der Waals surface area contributed by atoms with E-state index in [9.17, 15) is 8.78 Å². The van der Waals surface area contributed by atoms with Gasteiger partial charge in [-0.1, -0.05) is 6.07 Å². The molecule has 7 heteroatoms. The zero-order chi connectivity index (χ0) is 22.1. The van der Waals surface area contributed by atoms with E-state index < -0.39 is 11.6 Å². The van der Waals surface area contributed by atoms with Gasteiger partial charge in [0.2, 0.25) is 0 Å². The topological polar surface area (TPSA) is 67.9 Å². The van der Waals surface area contributed by atoms with Gasteiger partial charge in [-0.3, -0.25) is 9.88 Å². The van der Waals surface area contributed by atoms with Gasteiger partial charge in [0.1, 0.15) is 11.6 Å². The van der Waals surface area contributed by atoms with Crippen LogP contribution in [0.3, 0.4) is 0 Å². The van der Waals surface area contributed by atoms with Gasteiger partial charge in [0.15, 0.2) is 5.82 Å². The second-order valence-corrected chi connectivity index (χ2v) is 7.92. The Morgan fingerprint density at radius 3 is 2.56 bits per heavy atom. The fourth-order valence-corrected chi connectivity index (χ4v) is 3.91. The molecule has 4 aromatic rings. The third-order valence-electron chi connectivity index (χ3n) is 5.62. The molecule has 1 aliphatic heterocycles. The summed E-state index contributed by atoms with van der Waals surface area (Å²) in [6, 6.07) is 14.6. The predicted octanol–water partition coefficient (Wildman–Crippen LogP) is 4.62. The number of pyridine rings is 1. The van der Waals surface area contributed by atoms with Crippen LogP contribution in [0.25, 0.3) is 22.6 Å². The predicted molar refractivity (Wildman–Crippen MR) is 119 cm³/mol. The summed E-state index contributed by atoms with van der Waals surface area (Å²) in [5, 5.41) is 0. The van der Waals surface area contributed by atoms with Crippen LogP contribution < -0.4 is 5.73 Å². The second-order valence-electron chi connectivity index (χ2n) is 7.92. The Kier molecular flexibility index (Phi) is 5.33. The average molecular weight is 429 g/mol. The van der Waals surface area contributed by atoms with Gasteiger partial charge in [-0.2, -0.15) is 0 Å². The lowest BCUT2D eigenvalue weighted by Gasteiger charge is -2.28. The summed E-state index contributed by atoms with van der Waals surface area (Å²) in [4.78, 5) is 15.9. The van der Waals surface area contributed by atoms with Crippen LogP contribution in [0.4, 0.5) is 14.5 Å². The first-order chi connectivity index (χ1) is 15.5. The number of nitrogens with zero attached hydrogens (tertiary/aromatic N) is 4. The Balaban J connectivity index is 1.28. The Hall–Kier alpha value is -3.71. The number of nitrogen functional groups attached to an aromatic ring is 1. The van der Waals surface area contributed by atoms with Gasteiger partial charge in [0.25, 0.3) is 0 Å². The van der Waals surface area contributed by atoms with Crippen LogP contribution >= 0.6 is 0 Å². The van der Waals surface area contributed by atoms with Crippen LogP contribution in [0, 0.1) is 11.6 Å². The number of benzene rings is 2. The van der Waals surface area contributed by atoms with Crippen molar-refractivity contribution in [2.75, 3.05) is 12.3 Å². The fraction of sp³-hybridized carbons (Fsp3) is 0.160. The standard InChI is InChI=1S/C25H21F2N5/c26-19-4-7-22(27)21(11-19)24-8-1-16(12-29-24)14-32-10-9-23-18(15-32)13-30-25(31-23)17-2-5-20(28)6-3-17/h1-8,11-13H,9-10,14-15,28H2. The van der Waals surface area contributed by atoms with Crippen molar-refractivity contribution in [1.29, 1.82) is 0 Å². The van der Waals surface area contributed by atoms with Crippen molar-refractivity contribution in [3.63, 3.8) is 0 Å². The number of halogens is 2. The Labute approximate surface area is 184 Å². The van der Waals surface area contributed by atoms with Crippen LogP contribution in [0.2, 0.25) is 0 Å². The molecule has 2 N–H and O–H groups in total. The van der Waals surface area contributed by atoms with Gasteiger partial charge in [0.05, 0.1) is 11.4 Å². The summed E-state index contributed by atoms with van der Waals surface area (Å²) < 4.78 is 27.5. The molecule has 5 nitrogen and oxygen atoms in total. The summed E-state index contributed by atoms with van der Waals surface area (Å²) in [5.74, 6) is -0.264. The molecule has 0 radical (unpaired) electrons. The van der Waals surface area contributed by atoms with Crippen molar-refractivity contribution >= 4 is 5.69 Å². The summed E-state index contributed by atoms with van der Waals surface area (Å²) >= 11 is 0. The number of hydrogen-bond donors (Lipinski definition) is 1. The van der Waals surface area contributed by atoms with E-state index in [4.69, 9.17) is 10.7 Å². The minimum atomic E-state index is -0.488. The summed E-state index contributed by atoms with van der Waals surface area (Å²) in [6.07, 6.45) is 4.45. The molecule has 160 valence electrons. The van der Waals surface area contributed by atoms with Crippen LogP contribution in [-0.2, 0) is 19.5 Å². The summed E-state index contributed by atoms with van der Waals surface area (Å²) in [5.41, 5.74) is 11.2. The number of aromatic nitrogens is 3. The number of rotatable bonds is 4. The summed E-state index contributed by atoms with van der Waals surface area (Å²) in [7, 11) is 0. The maximum Gasteiger partial charge on any atom is 0.159 e. The van der Waals surface area contributed by atoms with Gasteiger partial charge < -0.3 is 5.73 Å². The third kappa shape index (κ3) is 4.20. The Morgan fingerprint density at radius 1 is 0.938 bits per heavy atom. The molecular formula is C25H21F2N5. The molecule has 32 heavy (non-hydrogen) atoms. The molecule has 2 aromatic heterocycles. The minimum Gasteiger partial charge on any atom is -0.399 e. The molecule has 0 unspecified atom stereocenters. The lowest BCUT2D eigenvalue weighted by molar-refractivity contribution is 0.242. The first-order valence-corrected chi connectivity index (χ1v) is 10.4. The van der Waals surface area contributed by atoms with E-state index in [1.807, 2.05) is 36.5 Å². The van der Waals surface area contributed by atoms with Crippen LogP contribution in [0.15, 0.2) is 67.0 Å². The first-order valence-electron chi connectivity index (χ1n) is 10.4. The van der Waals surface area contributed by atoms with Gasteiger partial charge >= 0.3 is 0 Å². The maximum atomic E-state index is 14.0. The summed E-state index contributed by atoms with van der Waals surface area (Å²) in [6.45, 7) is 2.32. The zero-order valence-corrected chi connectivity index (χ0v) is 17.3. The number of nitrogens with two attached hydrogens (primary N) is 1. The molecule has 0 atom stereocenters. The maximum absolute atomic E-state index is 14.0. The molecular weight excluding hydrogens is 408 g/mol. The normalized spacial score (nSPS) is 13.7. The molecule has 3 heterocycles. The average Bonchev–Trinajstić information content (AvgIpc) is 2.81. The smallest absolute Gasteiger partial charge is 0.159 e. The molecule has 0 spiro atoms. The quantitative estimate of drug-likeness (QED) is 0.480. The first kappa shape index (κ1) is 20.2. The monoisotopic (exact) mass is 429 g/mol. The molecule has 2 aromatic carbocycles. The van der Waals surface area contributed by atoms with Gasteiger partial charge in [-0.15, -0.1) is 0 Å². The van der Waals surface area contributed by atoms with Crippen molar-refractivity contribution in [3.8, 4) is 22.6 Å². The minimum absolute atomic E-state index is 0.164. The van der Waals surface area contributed by atoms with Gasteiger partial charge in [-0.25, -0.2) is 18.7 Å². The van der Waals surface area contributed by atoms with Crippen molar-refractivity contribution < 1.29 is 8.78 Å². The molecule has 5 rings (SSSR count). The molecule has 0 saturated carbocycles. The molecule has 0 amide bonds. The van der Waals surface area contributed by atoms with Crippen molar-refractivity contribution in [2.24, 2.45) is 0 Å². The van der Waals surface area contributed by atoms with Crippen LogP contribution in [0.5, 0.6) is 0 Å². The van der Waals surface area contributed by atoms with Crippen molar-refractivity contribution in [2.45, 2.75) is 19.5 Å². The lowest BCUT2D eigenvalue weighted by atomic mass is 10.1. The number of anilines is 1. The highest BCUT2D eigenvalue weighted by Crippen LogP contribution is 2.24. The van der Waals surface area contributed by atoms with E-state index in [0.29, 0.717) is 23.8 Å².